The van der Waals surface area contributed by atoms with Gasteiger partial charge in [0.15, 0.2) is 0 Å². The van der Waals surface area contributed by atoms with E-state index in [-0.39, 0.29) is 18.9 Å². The molecule has 132 valence electrons. The molecule has 0 saturated heterocycles. The zero-order valence-electron chi connectivity index (χ0n) is 14.8. The Kier molecular flexibility index (Phi) is 6.57. The van der Waals surface area contributed by atoms with Crippen LogP contribution < -0.4 is 9.64 Å². The van der Waals surface area contributed by atoms with Gasteiger partial charge in [0, 0.05) is 43.8 Å². The fraction of sp³-hybridized carbons (Fsp3) is 0.300. The Hall–Kier alpha value is -2.82. The topological polar surface area (TPSA) is 55.8 Å². The lowest BCUT2D eigenvalue weighted by Gasteiger charge is -2.20. The van der Waals surface area contributed by atoms with Crippen molar-refractivity contribution in [1.82, 2.24) is 0 Å². The van der Waals surface area contributed by atoms with Crippen molar-refractivity contribution in [3.63, 3.8) is 0 Å². The predicted octanol–water partition coefficient (Wildman–Crippen LogP) is 3.29. The highest BCUT2D eigenvalue weighted by Gasteiger charge is 2.19. The molecule has 0 spiro atoms. The van der Waals surface area contributed by atoms with Gasteiger partial charge in [0.05, 0.1) is 19.3 Å². The van der Waals surface area contributed by atoms with E-state index in [4.69, 9.17) is 9.47 Å². The Balaban J connectivity index is 2.17. The maximum absolute atomic E-state index is 12.1. The number of hydrogen-bond donors (Lipinski definition) is 0. The molecule has 0 saturated carbocycles. The van der Waals surface area contributed by atoms with Crippen LogP contribution in [0.5, 0.6) is 5.75 Å². The number of anilines is 1. The average Bonchev–Trinajstić information content (AvgIpc) is 2.65. The van der Waals surface area contributed by atoms with Gasteiger partial charge in [0.2, 0.25) is 0 Å². The molecule has 0 aromatic heterocycles. The van der Waals surface area contributed by atoms with Gasteiger partial charge in [-0.3, -0.25) is 0 Å². The summed E-state index contributed by atoms with van der Waals surface area (Å²) in [7, 11) is 5.48. The summed E-state index contributed by atoms with van der Waals surface area (Å²) in [5, 5.41) is 0. The summed E-state index contributed by atoms with van der Waals surface area (Å²) in [6, 6.07) is 14.6. The van der Waals surface area contributed by atoms with Crippen molar-refractivity contribution in [1.29, 1.82) is 0 Å². The van der Waals surface area contributed by atoms with Gasteiger partial charge in [-0.1, -0.05) is 24.3 Å². The summed E-state index contributed by atoms with van der Waals surface area (Å²) in [6.45, 7) is 0.115. The molecule has 2 aromatic carbocycles. The van der Waals surface area contributed by atoms with E-state index in [1.807, 2.05) is 43.3 Å². The first-order valence-corrected chi connectivity index (χ1v) is 8.08. The summed E-state index contributed by atoms with van der Waals surface area (Å²) in [6.07, 6.45) is 1.08. The van der Waals surface area contributed by atoms with Crippen LogP contribution in [0.4, 0.5) is 5.69 Å². The first kappa shape index (κ1) is 18.5. The summed E-state index contributed by atoms with van der Waals surface area (Å²) < 4.78 is 10.9. The van der Waals surface area contributed by atoms with Crippen LogP contribution in [0.3, 0.4) is 0 Å². The molecular weight excluding hydrogens is 318 g/mol. The van der Waals surface area contributed by atoms with Gasteiger partial charge in [-0.25, -0.2) is 4.79 Å². The summed E-state index contributed by atoms with van der Waals surface area (Å²) >= 11 is 0. The molecule has 2 aromatic rings. The predicted molar refractivity (Wildman–Crippen MR) is 97.5 cm³/mol. The Labute approximate surface area is 148 Å². The van der Waals surface area contributed by atoms with Crippen molar-refractivity contribution in [2.75, 3.05) is 32.7 Å². The molecule has 0 N–H and O–H groups in total. The van der Waals surface area contributed by atoms with E-state index < -0.39 is 5.97 Å². The molecule has 2 rings (SSSR count). The van der Waals surface area contributed by atoms with Gasteiger partial charge in [0.1, 0.15) is 12.0 Å². The van der Waals surface area contributed by atoms with Crippen LogP contribution in [0.25, 0.3) is 0 Å². The largest absolute Gasteiger partial charge is 0.496 e. The smallest absolute Gasteiger partial charge is 0.338 e. The Bertz CT molecular complexity index is 713. The normalized spacial score (nSPS) is 11.5. The van der Waals surface area contributed by atoms with E-state index in [0.29, 0.717) is 11.3 Å². The molecule has 0 aliphatic rings. The molecule has 0 radical (unpaired) electrons. The number of rotatable bonds is 8. The fourth-order valence-corrected chi connectivity index (χ4v) is 2.55. The van der Waals surface area contributed by atoms with E-state index in [1.165, 1.54) is 0 Å². The molecule has 0 amide bonds. The highest BCUT2D eigenvalue weighted by Crippen LogP contribution is 2.32. The van der Waals surface area contributed by atoms with E-state index in [9.17, 15) is 9.59 Å². The van der Waals surface area contributed by atoms with Crippen LogP contribution in [0, 0.1) is 0 Å². The van der Waals surface area contributed by atoms with Gasteiger partial charge in [-0.15, -0.1) is 0 Å². The fourth-order valence-electron chi connectivity index (χ4n) is 2.55. The number of esters is 1. The highest BCUT2D eigenvalue weighted by molar-refractivity contribution is 5.89. The second-order valence-electron chi connectivity index (χ2n) is 5.88. The molecule has 0 aliphatic carbocycles. The number of carbonyl (C=O) groups is 2. The van der Waals surface area contributed by atoms with Crippen molar-refractivity contribution >= 4 is 17.9 Å². The molecule has 1 atom stereocenters. The Morgan fingerprint density at radius 3 is 2.48 bits per heavy atom. The standard InChI is InChI=1S/C20H23NO4/c1-21(2)17-9-10-18(19(13-17)24-3)16(11-12-22)14-25-20(23)15-7-5-4-6-8-15/h4-10,12-13,16H,11,14H2,1-3H3. The monoisotopic (exact) mass is 341 g/mol. The molecule has 0 heterocycles. The number of carbonyl (C=O) groups excluding carboxylic acids is 2. The van der Waals surface area contributed by atoms with Gasteiger partial charge >= 0.3 is 5.97 Å². The molecule has 1 unspecified atom stereocenters. The van der Waals surface area contributed by atoms with Crippen LogP contribution in [-0.2, 0) is 9.53 Å². The number of methoxy groups -OCH3 is 1. The zero-order chi connectivity index (χ0) is 18.2. The van der Waals surface area contributed by atoms with Crippen LogP contribution in [0.2, 0.25) is 0 Å². The average molecular weight is 341 g/mol. The third-order valence-electron chi connectivity index (χ3n) is 3.98. The van der Waals surface area contributed by atoms with E-state index in [2.05, 4.69) is 0 Å². The number of benzene rings is 2. The van der Waals surface area contributed by atoms with E-state index >= 15 is 0 Å². The van der Waals surface area contributed by atoms with E-state index in [1.54, 1.807) is 31.4 Å². The molecule has 5 nitrogen and oxygen atoms in total. The lowest BCUT2D eigenvalue weighted by atomic mass is 9.95. The summed E-state index contributed by atoms with van der Waals surface area (Å²) in [5.74, 6) is 0.0190. The van der Waals surface area contributed by atoms with Crippen molar-refractivity contribution in [2.24, 2.45) is 0 Å². The minimum atomic E-state index is -0.402. The Morgan fingerprint density at radius 2 is 1.88 bits per heavy atom. The maximum Gasteiger partial charge on any atom is 0.338 e. The minimum absolute atomic E-state index is 0.115. The van der Waals surface area contributed by atoms with Crippen LogP contribution in [-0.4, -0.2) is 40.1 Å². The molecule has 0 aliphatic heterocycles. The second-order valence-corrected chi connectivity index (χ2v) is 5.88. The molecule has 0 fully saturated rings. The molecule has 0 bridgehead atoms. The molecule has 5 heteroatoms. The van der Waals surface area contributed by atoms with Crippen LogP contribution in [0.15, 0.2) is 48.5 Å². The lowest BCUT2D eigenvalue weighted by molar-refractivity contribution is -0.108. The van der Waals surface area contributed by atoms with Crippen molar-refractivity contribution < 1.29 is 19.1 Å². The van der Waals surface area contributed by atoms with Crippen molar-refractivity contribution in [3.05, 3.63) is 59.7 Å². The Morgan fingerprint density at radius 1 is 1.16 bits per heavy atom. The highest BCUT2D eigenvalue weighted by atomic mass is 16.5. The zero-order valence-corrected chi connectivity index (χ0v) is 14.8. The number of nitrogens with zero attached hydrogens (tertiary/aromatic N) is 1. The summed E-state index contributed by atoms with van der Waals surface area (Å²) in [5.41, 5.74) is 2.33. The SMILES string of the molecule is COc1cc(N(C)C)ccc1C(CC=O)COC(=O)c1ccccc1. The second kappa shape index (κ2) is 8.87. The van der Waals surface area contributed by atoms with Crippen LogP contribution >= 0.6 is 0 Å². The van der Waals surface area contributed by atoms with Gasteiger partial charge in [-0.05, 0) is 18.2 Å². The van der Waals surface area contributed by atoms with Gasteiger partial charge in [-0.2, -0.15) is 0 Å². The number of hydrogen-bond acceptors (Lipinski definition) is 5. The third-order valence-corrected chi connectivity index (χ3v) is 3.98. The van der Waals surface area contributed by atoms with Crippen molar-refractivity contribution in [2.45, 2.75) is 12.3 Å². The molecule has 25 heavy (non-hydrogen) atoms. The van der Waals surface area contributed by atoms with Crippen molar-refractivity contribution in [3.8, 4) is 5.75 Å². The number of aldehydes is 1. The molecular formula is C20H23NO4. The van der Waals surface area contributed by atoms with Gasteiger partial charge < -0.3 is 19.2 Å². The quantitative estimate of drug-likeness (QED) is 0.545. The number of ether oxygens (including phenoxy) is 2. The minimum Gasteiger partial charge on any atom is -0.496 e. The van der Waals surface area contributed by atoms with Crippen LogP contribution in [0.1, 0.15) is 28.3 Å². The first-order chi connectivity index (χ1) is 12.1. The first-order valence-electron chi connectivity index (χ1n) is 8.08. The lowest BCUT2D eigenvalue weighted by Crippen LogP contribution is -2.15. The maximum atomic E-state index is 12.1. The van der Waals surface area contributed by atoms with E-state index in [0.717, 1.165) is 17.5 Å². The third kappa shape index (κ3) is 4.83. The summed E-state index contributed by atoms with van der Waals surface area (Å²) in [4.78, 5) is 25.2. The van der Waals surface area contributed by atoms with Gasteiger partial charge in [0.25, 0.3) is 0 Å².